The molecule has 3 saturated heterocycles. The first-order valence-corrected chi connectivity index (χ1v) is 14.6. The average molecular weight is 569 g/mol. The van der Waals surface area contributed by atoms with Crippen LogP contribution in [0.2, 0.25) is 5.02 Å². The Morgan fingerprint density at radius 1 is 1.26 bits per heavy atom. The van der Waals surface area contributed by atoms with E-state index in [2.05, 4.69) is 13.5 Å². The van der Waals surface area contributed by atoms with E-state index in [1.54, 1.807) is 58.8 Å². The van der Waals surface area contributed by atoms with Crippen LogP contribution < -0.4 is 4.90 Å². The number of benzene rings is 2. The zero-order chi connectivity index (χ0) is 27.9. The van der Waals surface area contributed by atoms with Crippen LogP contribution in [0.4, 0.5) is 5.69 Å². The van der Waals surface area contributed by atoms with Gasteiger partial charge in [-0.3, -0.25) is 14.4 Å². The van der Waals surface area contributed by atoms with Gasteiger partial charge in [-0.2, -0.15) is 0 Å². The van der Waals surface area contributed by atoms with Crippen LogP contribution >= 0.6 is 23.4 Å². The van der Waals surface area contributed by atoms with Gasteiger partial charge < -0.3 is 19.6 Å². The lowest BCUT2D eigenvalue weighted by atomic mass is 9.66. The third kappa shape index (κ3) is 4.28. The summed E-state index contributed by atoms with van der Waals surface area (Å²) in [7, 11) is 0. The minimum absolute atomic E-state index is 0.0296. The number of para-hydroxylation sites is 1. The number of thioether (sulfide) groups is 1. The van der Waals surface area contributed by atoms with E-state index < -0.39 is 34.6 Å². The zero-order valence-electron chi connectivity index (χ0n) is 22.0. The molecule has 3 aliphatic rings. The molecule has 206 valence electrons. The molecule has 3 unspecified atom stereocenters. The maximum atomic E-state index is 14.8. The van der Waals surface area contributed by atoms with E-state index in [-0.39, 0.29) is 42.7 Å². The maximum Gasteiger partial charge on any atom is 0.310 e. The highest BCUT2D eigenvalue weighted by molar-refractivity contribution is 8.02. The van der Waals surface area contributed by atoms with E-state index in [0.29, 0.717) is 17.1 Å². The summed E-state index contributed by atoms with van der Waals surface area (Å²) < 4.78 is 4.58. The Bertz CT molecular complexity index is 1280. The van der Waals surface area contributed by atoms with E-state index in [0.717, 1.165) is 5.56 Å². The maximum absolute atomic E-state index is 14.8. The Labute approximate surface area is 238 Å². The number of hydrogen-bond donors (Lipinski definition) is 1. The van der Waals surface area contributed by atoms with Gasteiger partial charge in [0.25, 0.3) is 5.91 Å². The van der Waals surface area contributed by atoms with Crippen LogP contribution in [-0.2, 0) is 19.1 Å². The number of carbonyl (C=O) groups is 3. The lowest BCUT2D eigenvalue weighted by molar-refractivity contribution is -0.154. The van der Waals surface area contributed by atoms with E-state index in [1.807, 2.05) is 30.3 Å². The van der Waals surface area contributed by atoms with E-state index in [1.165, 1.54) is 0 Å². The van der Waals surface area contributed by atoms with Gasteiger partial charge in [-0.15, -0.1) is 18.3 Å². The third-order valence-electron chi connectivity index (χ3n) is 8.39. The number of aliphatic hydroxyl groups is 1. The van der Waals surface area contributed by atoms with Crippen molar-refractivity contribution in [2.45, 2.75) is 42.3 Å². The third-order valence-corrected chi connectivity index (χ3v) is 10.8. The van der Waals surface area contributed by atoms with Crippen LogP contribution in [0.15, 0.2) is 67.3 Å². The number of nitrogens with zero attached hydrogens (tertiary/aromatic N) is 2. The lowest BCUT2D eigenvalue weighted by Gasteiger charge is -2.42. The van der Waals surface area contributed by atoms with Crippen molar-refractivity contribution in [3.8, 4) is 0 Å². The summed E-state index contributed by atoms with van der Waals surface area (Å²) in [6, 6.07) is 14.6. The van der Waals surface area contributed by atoms with E-state index in [9.17, 15) is 19.5 Å². The number of ether oxygens (including phenoxy) is 1. The van der Waals surface area contributed by atoms with Crippen LogP contribution in [0, 0.1) is 17.8 Å². The Morgan fingerprint density at radius 2 is 1.95 bits per heavy atom. The fourth-order valence-corrected chi connectivity index (χ4v) is 9.49. The fraction of sp³-hybridized carbons (Fsp3) is 0.433. The second-order valence-corrected chi connectivity index (χ2v) is 12.3. The molecule has 3 heterocycles. The van der Waals surface area contributed by atoms with Crippen molar-refractivity contribution in [1.29, 1.82) is 0 Å². The lowest BCUT2D eigenvalue weighted by Crippen LogP contribution is -2.58. The number of aliphatic hydroxyl groups excluding tert-OH is 1. The van der Waals surface area contributed by atoms with E-state index >= 15 is 0 Å². The van der Waals surface area contributed by atoms with Crippen molar-refractivity contribution in [3.05, 3.63) is 77.8 Å². The number of fused-ring (bicyclic) bond motifs is 1. The minimum atomic E-state index is -0.937. The quantitative estimate of drug-likeness (QED) is 0.354. The summed E-state index contributed by atoms with van der Waals surface area (Å²) in [5.74, 6) is -2.42. The molecule has 2 amide bonds. The normalized spacial score (nSPS) is 29.7. The number of rotatable bonds is 9. The van der Waals surface area contributed by atoms with Gasteiger partial charge in [0.05, 0.1) is 46.5 Å². The van der Waals surface area contributed by atoms with Crippen LogP contribution in [0.25, 0.3) is 0 Å². The molecule has 5 rings (SSSR count). The summed E-state index contributed by atoms with van der Waals surface area (Å²) in [6.45, 7) is 7.69. The number of likely N-dealkylation sites (tertiary alicyclic amines) is 1. The van der Waals surface area contributed by atoms with Gasteiger partial charge in [-0.25, -0.2) is 0 Å². The molecule has 0 radical (unpaired) electrons. The molecule has 2 aromatic rings. The summed E-state index contributed by atoms with van der Waals surface area (Å²) in [6.07, 6.45) is 2.32. The van der Waals surface area contributed by atoms with Crippen molar-refractivity contribution in [3.63, 3.8) is 0 Å². The topological polar surface area (TPSA) is 87.2 Å². The largest absolute Gasteiger partial charge is 0.466 e. The number of halogens is 1. The summed E-state index contributed by atoms with van der Waals surface area (Å²) in [5, 5.41) is 10.9. The summed E-state index contributed by atoms with van der Waals surface area (Å²) in [4.78, 5) is 45.6. The highest BCUT2D eigenvalue weighted by atomic mass is 35.5. The SMILES string of the molecule is C=CCN(C(=O)C1N([C@H](CO)c2ccccc2)C(=O)[C@@H]2[C@H](C(=O)OCC)[C@@H]3CC(C)C12S3)c1ccccc1Cl. The van der Waals surface area contributed by atoms with Crippen molar-refractivity contribution in [2.24, 2.45) is 17.8 Å². The Kier molecular flexibility index (Phi) is 7.82. The molecule has 3 fully saturated rings. The van der Waals surface area contributed by atoms with Crippen molar-refractivity contribution < 1.29 is 24.2 Å². The number of carbonyl (C=O) groups excluding carboxylic acids is 3. The van der Waals surface area contributed by atoms with Gasteiger partial charge in [-0.1, -0.05) is 67.1 Å². The molecule has 2 bridgehead atoms. The average Bonchev–Trinajstić information content (AvgIpc) is 3.53. The predicted octanol–water partition coefficient (Wildman–Crippen LogP) is 4.49. The fourth-order valence-electron chi connectivity index (χ4n) is 6.87. The van der Waals surface area contributed by atoms with Gasteiger partial charge in [0.2, 0.25) is 5.91 Å². The second kappa shape index (κ2) is 11.0. The van der Waals surface area contributed by atoms with Gasteiger partial charge in [-0.05, 0) is 37.0 Å². The van der Waals surface area contributed by atoms with Gasteiger partial charge in [0.1, 0.15) is 6.04 Å². The van der Waals surface area contributed by atoms with Gasteiger partial charge >= 0.3 is 5.97 Å². The van der Waals surface area contributed by atoms with Crippen LogP contribution in [-0.4, -0.2) is 63.6 Å². The van der Waals surface area contributed by atoms with Crippen molar-refractivity contribution in [1.82, 2.24) is 4.90 Å². The van der Waals surface area contributed by atoms with Crippen LogP contribution in [0.3, 0.4) is 0 Å². The van der Waals surface area contributed by atoms with Crippen molar-refractivity contribution in [2.75, 3.05) is 24.7 Å². The van der Waals surface area contributed by atoms with Crippen LogP contribution in [0.5, 0.6) is 0 Å². The molecule has 3 aliphatic heterocycles. The molecule has 2 aromatic carbocycles. The first kappa shape index (κ1) is 27.7. The number of hydrogen-bond acceptors (Lipinski definition) is 6. The predicted molar refractivity (Wildman–Crippen MR) is 152 cm³/mol. The highest BCUT2D eigenvalue weighted by Crippen LogP contribution is 2.69. The molecule has 7 atom stereocenters. The monoisotopic (exact) mass is 568 g/mol. The zero-order valence-corrected chi connectivity index (χ0v) is 23.6. The van der Waals surface area contributed by atoms with Gasteiger partial charge in [0.15, 0.2) is 0 Å². The van der Waals surface area contributed by atoms with E-state index in [4.69, 9.17) is 16.3 Å². The number of esters is 1. The van der Waals surface area contributed by atoms with Crippen molar-refractivity contribution >= 4 is 46.8 Å². The Hall–Kier alpha value is -2.81. The smallest absolute Gasteiger partial charge is 0.310 e. The molecule has 39 heavy (non-hydrogen) atoms. The Morgan fingerprint density at radius 3 is 2.59 bits per heavy atom. The minimum Gasteiger partial charge on any atom is -0.466 e. The molecule has 1 N–H and O–H groups in total. The second-order valence-electron chi connectivity index (χ2n) is 10.3. The highest BCUT2D eigenvalue weighted by Gasteiger charge is 2.77. The molecule has 7 nitrogen and oxygen atoms in total. The standard InChI is InChI=1S/C30H33ClN2O5S/c1-4-15-32(21-14-10-9-13-20(21)31)28(36)26-30-18(3)16-23(39-30)24(29(37)38-5-2)25(30)27(35)33(26)22(17-34)19-11-7-6-8-12-19/h4,6-14,18,22-26,34H,1,5,15-17H2,2-3H3/t18?,22-,23+,24-,25+,26?,30?/m1/s1. The van der Waals surface area contributed by atoms with Gasteiger partial charge in [0, 0.05) is 11.8 Å². The molecule has 1 spiro atoms. The first-order chi connectivity index (χ1) is 18.8. The molecule has 0 aliphatic carbocycles. The summed E-state index contributed by atoms with van der Waals surface area (Å²) in [5.41, 5.74) is 1.24. The molecule has 9 heteroatoms. The first-order valence-electron chi connectivity index (χ1n) is 13.3. The molecule has 0 aromatic heterocycles. The molecular weight excluding hydrogens is 536 g/mol. The molecule has 0 saturated carbocycles. The summed E-state index contributed by atoms with van der Waals surface area (Å²) >= 11 is 8.13. The number of amides is 2. The van der Waals surface area contributed by atoms with Crippen LogP contribution in [0.1, 0.15) is 31.9 Å². The number of anilines is 1. The Balaban J connectivity index is 1.69. The molecular formula is C30H33ClN2O5S.